The van der Waals surface area contributed by atoms with E-state index in [1.807, 2.05) is 55.5 Å². The van der Waals surface area contributed by atoms with Crippen LogP contribution in [0.3, 0.4) is 0 Å². The first-order valence-corrected chi connectivity index (χ1v) is 11.3. The maximum absolute atomic E-state index is 12.9. The zero-order valence-corrected chi connectivity index (χ0v) is 20.1. The Kier molecular flexibility index (Phi) is 5.90. The van der Waals surface area contributed by atoms with Crippen molar-refractivity contribution in [1.29, 1.82) is 0 Å². The fraction of sp³-hybridized carbons (Fsp3) is 0.115. The van der Waals surface area contributed by atoms with Crippen LogP contribution in [0.25, 0.3) is 16.7 Å². The van der Waals surface area contributed by atoms with E-state index in [9.17, 15) is 4.79 Å². The van der Waals surface area contributed by atoms with Gasteiger partial charge in [-0.3, -0.25) is 4.79 Å². The molecule has 0 spiro atoms. The average molecular weight is 518 g/mol. The van der Waals surface area contributed by atoms with Crippen molar-refractivity contribution in [2.75, 3.05) is 7.11 Å². The lowest BCUT2D eigenvalue weighted by molar-refractivity contribution is 0.101. The molecule has 0 bridgehead atoms. The van der Waals surface area contributed by atoms with Gasteiger partial charge in [0.2, 0.25) is 5.78 Å². The smallest absolute Gasteiger partial charge is 0.228 e. The molecule has 5 rings (SSSR count). The molecule has 0 fully saturated rings. The molecule has 8 heteroatoms. The Hall–Kier alpha value is -3.91. The number of nitrogens with zero attached hydrogens (tertiary/aromatic N) is 3. The number of ketones is 1. The normalized spacial score (nSPS) is 11.0. The van der Waals surface area contributed by atoms with Crippen molar-refractivity contribution >= 4 is 32.7 Å². The maximum atomic E-state index is 12.9. The molecule has 170 valence electrons. The number of fused-ring (bicyclic) bond motifs is 1. The van der Waals surface area contributed by atoms with Gasteiger partial charge in [0.05, 0.1) is 13.3 Å². The van der Waals surface area contributed by atoms with Gasteiger partial charge in [-0.05, 0) is 55.5 Å². The summed E-state index contributed by atoms with van der Waals surface area (Å²) in [7, 11) is 1.62. The summed E-state index contributed by atoms with van der Waals surface area (Å²) < 4.78 is 19.8. The number of aromatic nitrogens is 3. The molecule has 0 aliphatic carbocycles. The molecular formula is C26H20BrN3O4. The third-order valence-corrected chi connectivity index (χ3v) is 6.01. The number of halogens is 1. The topological polar surface area (TPSA) is 79.4 Å². The molecular weight excluding hydrogens is 498 g/mol. The Morgan fingerprint density at radius 1 is 1.09 bits per heavy atom. The lowest BCUT2D eigenvalue weighted by Crippen LogP contribution is -2.01. The Bertz CT molecular complexity index is 1490. The standard InChI is InChI=1S/C26H20BrN3O4/c1-16-21-12-11-20(13-24(21)34-26(16)25(31)17-7-9-18(27)10-8-17)33-15-19-14-30(29-28-19)22-5-3-4-6-23(22)32-2/h3-14H,15H2,1-2H3. The van der Waals surface area contributed by atoms with Crippen LogP contribution in [0.15, 0.2) is 81.8 Å². The predicted molar refractivity (Wildman–Crippen MR) is 131 cm³/mol. The first kappa shape index (κ1) is 21.9. The van der Waals surface area contributed by atoms with E-state index in [0.29, 0.717) is 34.1 Å². The number of methoxy groups -OCH3 is 1. The SMILES string of the molecule is COc1ccccc1-n1cc(COc2ccc3c(C)c(C(=O)c4ccc(Br)cc4)oc3c2)nn1. The minimum absolute atomic E-state index is 0.156. The van der Waals surface area contributed by atoms with E-state index >= 15 is 0 Å². The number of carbonyl (C=O) groups is 1. The summed E-state index contributed by atoms with van der Waals surface area (Å²) in [6.07, 6.45) is 1.79. The van der Waals surface area contributed by atoms with Gasteiger partial charge in [-0.15, -0.1) is 5.10 Å². The molecule has 0 saturated heterocycles. The molecule has 2 aromatic heterocycles. The highest BCUT2D eigenvalue weighted by molar-refractivity contribution is 9.10. The van der Waals surface area contributed by atoms with Crippen LogP contribution in [0.5, 0.6) is 11.5 Å². The van der Waals surface area contributed by atoms with Crippen molar-refractivity contribution < 1.29 is 18.7 Å². The molecule has 34 heavy (non-hydrogen) atoms. The number of furan rings is 1. The fourth-order valence-corrected chi connectivity index (χ4v) is 3.97. The van der Waals surface area contributed by atoms with Crippen molar-refractivity contribution in [1.82, 2.24) is 15.0 Å². The highest BCUT2D eigenvalue weighted by Gasteiger charge is 2.19. The summed E-state index contributed by atoms with van der Waals surface area (Å²) >= 11 is 3.39. The third kappa shape index (κ3) is 4.20. The molecule has 0 radical (unpaired) electrons. The van der Waals surface area contributed by atoms with Crippen LogP contribution in [-0.2, 0) is 6.61 Å². The van der Waals surface area contributed by atoms with Gasteiger partial charge in [0.25, 0.3) is 0 Å². The molecule has 2 heterocycles. The van der Waals surface area contributed by atoms with E-state index in [1.165, 1.54) is 0 Å². The number of benzene rings is 3. The maximum Gasteiger partial charge on any atom is 0.228 e. The van der Waals surface area contributed by atoms with Gasteiger partial charge in [0, 0.05) is 27.1 Å². The number of aryl methyl sites for hydroxylation is 1. The van der Waals surface area contributed by atoms with E-state index < -0.39 is 0 Å². The summed E-state index contributed by atoms with van der Waals surface area (Å²) in [6.45, 7) is 2.11. The van der Waals surface area contributed by atoms with E-state index in [2.05, 4.69) is 26.2 Å². The number of hydrogen-bond donors (Lipinski definition) is 0. The molecule has 0 atom stereocenters. The minimum Gasteiger partial charge on any atom is -0.494 e. The van der Waals surface area contributed by atoms with Gasteiger partial charge in [-0.2, -0.15) is 0 Å². The van der Waals surface area contributed by atoms with Crippen LogP contribution < -0.4 is 9.47 Å². The molecule has 0 aliphatic rings. The largest absolute Gasteiger partial charge is 0.494 e. The second-order valence-corrected chi connectivity index (χ2v) is 8.58. The monoisotopic (exact) mass is 517 g/mol. The Morgan fingerprint density at radius 2 is 1.88 bits per heavy atom. The van der Waals surface area contributed by atoms with Crippen molar-refractivity contribution in [2.24, 2.45) is 0 Å². The quantitative estimate of drug-likeness (QED) is 0.250. The molecule has 0 unspecified atom stereocenters. The van der Waals surface area contributed by atoms with Gasteiger partial charge in [-0.1, -0.05) is 33.3 Å². The lowest BCUT2D eigenvalue weighted by Gasteiger charge is -2.06. The fourth-order valence-electron chi connectivity index (χ4n) is 3.70. The van der Waals surface area contributed by atoms with Gasteiger partial charge in [0.1, 0.15) is 35.1 Å². The third-order valence-electron chi connectivity index (χ3n) is 5.48. The number of ether oxygens (including phenoxy) is 2. The zero-order valence-electron chi connectivity index (χ0n) is 18.5. The summed E-state index contributed by atoms with van der Waals surface area (Å²) in [4.78, 5) is 12.9. The molecule has 5 aromatic rings. The predicted octanol–water partition coefficient (Wildman–Crippen LogP) is 5.90. The zero-order chi connectivity index (χ0) is 23.7. The van der Waals surface area contributed by atoms with Crippen molar-refractivity contribution in [3.05, 3.63) is 100.0 Å². The second kappa shape index (κ2) is 9.15. The van der Waals surface area contributed by atoms with Crippen molar-refractivity contribution in [3.63, 3.8) is 0 Å². The van der Waals surface area contributed by atoms with Crippen LogP contribution in [0, 0.1) is 6.92 Å². The van der Waals surface area contributed by atoms with Gasteiger partial charge in [-0.25, -0.2) is 4.68 Å². The highest BCUT2D eigenvalue weighted by Crippen LogP contribution is 2.30. The van der Waals surface area contributed by atoms with Crippen molar-refractivity contribution in [3.8, 4) is 17.2 Å². The van der Waals surface area contributed by atoms with Crippen LogP contribution in [0.4, 0.5) is 0 Å². The number of rotatable bonds is 7. The first-order chi connectivity index (χ1) is 16.5. The molecule has 0 N–H and O–H groups in total. The van der Waals surface area contributed by atoms with Gasteiger partial charge >= 0.3 is 0 Å². The van der Waals surface area contributed by atoms with Crippen LogP contribution in [0.1, 0.15) is 27.4 Å². The summed E-state index contributed by atoms with van der Waals surface area (Å²) in [6, 6.07) is 20.3. The molecule has 0 aliphatic heterocycles. The lowest BCUT2D eigenvalue weighted by atomic mass is 10.0. The van der Waals surface area contributed by atoms with E-state index in [4.69, 9.17) is 13.9 Å². The van der Waals surface area contributed by atoms with E-state index in [-0.39, 0.29) is 12.4 Å². The Morgan fingerprint density at radius 3 is 2.68 bits per heavy atom. The Labute approximate surface area is 204 Å². The van der Waals surface area contributed by atoms with E-state index in [1.54, 1.807) is 36.2 Å². The minimum atomic E-state index is -0.156. The molecule has 0 saturated carbocycles. The number of carbonyl (C=O) groups excluding carboxylic acids is 1. The molecule has 7 nitrogen and oxygen atoms in total. The van der Waals surface area contributed by atoms with Crippen LogP contribution in [0.2, 0.25) is 0 Å². The van der Waals surface area contributed by atoms with Crippen LogP contribution >= 0.6 is 15.9 Å². The molecule has 0 amide bonds. The molecule has 3 aromatic carbocycles. The van der Waals surface area contributed by atoms with Gasteiger partial charge in [0.15, 0.2) is 5.76 Å². The first-order valence-electron chi connectivity index (χ1n) is 10.5. The highest BCUT2D eigenvalue weighted by atomic mass is 79.9. The summed E-state index contributed by atoms with van der Waals surface area (Å²) in [5.74, 6) is 1.48. The summed E-state index contributed by atoms with van der Waals surface area (Å²) in [5, 5.41) is 9.23. The number of para-hydroxylation sites is 2. The second-order valence-electron chi connectivity index (χ2n) is 7.67. The van der Waals surface area contributed by atoms with Crippen molar-refractivity contribution in [2.45, 2.75) is 13.5 Å². The Balaban J connectivity index is 1.34. The van der Waals surface area contributed by atoms with Crippen LogP contribution in [-0.4, -0.2) is 27.9 Å². The number of hydrogen-bond acceptors (Lipinski definition) is 6. The summed E-state index contributed by atoms with van der Waals surface area (Å²) in [5.41, 5.74) is 3.41. The average Bonchev–Trinajstić information content (AvgIpc) is 3.47. The van der Waals surface area contributed by atoms with Gasteiger partial charge < -0.3 is 13.9 Å². The van der Waals surface area contributed by atoms with E-state index in [0.717, 1.165) is 21.1 Å².